The van der Waals surface area contributed by atoms with Gasteiger partial charge in [-0.3, -0.25) is 9.59 Å². The van der Waals surface area contributed by atoms with Gasteiger partial charge in [-0.25, -0.2) is 0 Å². The van der Waals surface area contributed by atoms with Crippen molar-refractivity contribution in [3.8, 4) is 0 Å². The molecule has 2 unspecified atom stereocenters. The summed E-state index contributed by atoms with van der Waals surface area (Å²) in [5.74, 6) is -0.616. The molecule has 0 aliphatic carbocycles. The lowest BCUT2D eigenvalue weighted by atomic mass is 10.1. The number of anilines is 1. The van der Waals surface area contributed by atoms with Crippen LogP contribution in [0.3, 0.4) is 0 Å². The molecule has 2 aliphatic rings. The Morgan fingerprint density at radius 3 is 2.46 bits per heavy atom. The number of benzene rings is 1. The zero-order valence-electron chi connectivity index (χ0n) is 14.5. The Morgan fingerprint density at radius 2 is 1.88 bits per heavy atom. The molecule has 0 aromatic heterocycles. The van der Waals surface area contributed by atoms with Crippen molar-refractivity contribution in [1.29, 1.82) is 0 Å². The number of likely N-dealkylation sites (N-methyl/N-ethyl adjacent to an activating group) is 1. The largest absolute Gasteiger partial charge is 0.341 e. The number of nitrogens with one attached hydrogen (secondary N) is 1. The van der Waals surface area contributed by atoms with E-state index in [-0.39, 0.29) is 30.3 Å². The Hall–Kier alpha value is -1.59. The highest BCUT2D eigenvalue weighted by atomic mass is 35.5. The summed E-state index contributed by atoms with van der Waals surface area (Å²) >= 11 is 0. The van der Waals surface area contributed by atoms with Crippen molar-refractivity contribution in [2.45, 2.75) is 32.7 Å². The van der Waals surface area contributed by atoms with Crippen LogP contribution in [0.15, 0.2) is 18.2 Å². The van der Waals surface area contributed by atoms with Crippen LogP contribution < -0.4 is 10.2 Å². The molecule has 24 heavy (non-hydrogen) atoms. The summed E-state index contributed by atoms with van der Waals surface area (Å²) in [6.07, 6.45) is 1.57. The summed E-state index contributed by atoms with van der Waals surface area (Å²) in [5.41, 5.74) is 3.18. The van der Waals surface area contributed by atoms with Crippen molar-refractivity contribution < 1.29 is 9.59 Å². The van der Waals surface area contributed by atoms with Crippen molar-refractivity contribution in [3.63, 3.8) is 0 Å². The summed E-state index contributed by atoms with van der Waals surface area (Å²) in [7, 11) is 1.83. The highest BCUT2D eigenvalue weighted by molar-refractivity contribution is 6.09. The lowest BCUT2D eigenvalue weighted by molar-refractivity contribution is -0.140. The first kappa shape index (κ1) is 18.7. The monoisotopic (exact) mass is 351 g/mol. The van der Waals surface area contributed by atoms with Crippen LogP contribution in [0.25, 0.3) is 0 Å². The molecule has 2 fully saturated rings. The van der Waals surface area contributed by atoms with E-state index in [9.17, 15) is 9.59 Å². The van der Waals surface area contributed by atoms with E-state index in [2.05, 4.69) is 11.4 Å². The van der Waals surface area contributed by atoms with Gasteiger partial charge in [-0.15, -0.1) is 12.4 Å². The van der Waals surface area contributed by atoms with Gasteiger partial charge in [0.05, 0.1) is 0 Å². The predicted octanol–water partition coefficient (Wildman–Crippen LogP) is 1.90. The minimum Gasteiger partial charge on any atom is -0.341 e. The third-order valence-corrected chi connectivity index (χ3v) is 4.95. The van der Waals surface area contributed by atoms with E-state index in [1.165, 1.54) is 0 Å². The van der Waals surface area contributed by atoms with Crippen LogP contribution >= 0.6 is 12.4 Å². The second kappa shape index (κ2) is 7.53. The Kier molecular flexibility index (Phi) is 5.88. The van der Waals surface area contributed by atoms with Crippen LogP contribution in [0.2, 0.25) is 0 Å². The number of nitrogens with zero attached hydrogens (tertiary/aromatic N) is 2. The highest BCUT2D eigenvalue weighted by Crippen LogP contribution is 2.28. The second-order valence-corrected chi connectivity index (χ2v) is 6.77. The van der Waals surface area contributed by atoms with E-state index in [4.69, 9.17) is 0 Å². The maximum atomic E-state index is 12.8. The molecule has 2 atom stereocenters. The highest BCUT2D eigenvalue weighted by Gasteiger charge is 2.40. The molecule has 6 heteroatoms. The summed E-state index contributed by atoms with van der Waals surface area (Å²) < 4.78 is 0. The Labute approximate surface area is 149 Å². The third kappa shape index (κ3) is 3.57. The van der Waals surface area contributed by atoms with Crippen LogP contribution in [0.4, 0.5) is 5.69 Å². The van der Waals surface area contributed by atoms with Gasteiger partial charge in [0.2, 0.25) is 11.8 Å². The SMILES string of the molecule is Cc1cc(C)cc(N2CCC(C(=O)N(C)C3CCNC3)C2=O)c1.Cl. The summed E-state index contributed by atoms with van der Waals surface area (Å²) in [5, 5.41) is 3.27. The second-order valence-electron chi connectivity index (χ2n) is 6.77. The first-order valence-electron chi connectivity index (χ1n) is 8.34. The average molecular weight is 352 g/mol. The lowest BCUT2D eigenvalue weighted by Crippen LogP contribution is -2.44. The van der Waals surface area contributed by atoms with Gasteiger partial charge < -0.3 is 15.1 Å². The van der Waals surface area contributed by atoms with Gasteiger partial charge in [0.25, 0.3) is 0 Å². The molecule has 0 saturated carbocycles. The maximum Gasteiger partial charge on any atom is 0.239 e. The fraction of sp³-hybridized carbons (Fsp3) is 0.556. The fourth-order valence-electron chi connectivity index (χ4n) is 3.67. The van der Waals surface area contributed by atoms with E-state index in [1.54, 1.807) is 9.80 Å². The summed E-state index contributed by atoms with van der Waals surface area (Å²) in [4.78, 5) is 29.0. The Bertz CT molecular complexity index is 608. The number of carbonyl (C=O) groups is 2. The number of hydrogen-bond acceptors (Lipinski definition) is 3. The quantitative estimate of drug-likeness (QED) is 0.846. The summed E-state index contributed by atoms with van der Waals surface area (Å²) in [6, 6.07) is 6.34. The number of carbonyl (C=O) groups excluding carboxylic acids is 2. The van der Waals surface area contributed by atoms with Crippen LogP contribution in [0, 0.1) is 19.8 Å². The molecule has 2 saturated heterocycles. The number of rotatable bonds is 3. The number of hydrogen-bond donors (Lipinski definition) is 1. The van der Waals surface area contributed by atoms with E-state index in [0.29, 0.717) is 13.0 Å². The molecule has 0 bridgehead atoms. The van der Waals surface area contributed by atoms with E-state index >= 15 is 0 Å². The first-order valence-corrected chi connectivity index (χ1v) is 8.34. The topological polar surface area (TPSA) is 52.7 Å². The molecule has 132 valence electrons. The van der Waals surface area contributed by atoms with Gasteiger partial charge in [-0.05, 0) is 56.5 Å². The third-order valence-electron chi connectivity index (χ3n) is 4.95. The standard InChI is InChI=1S/C18H25N3O2.ClH/c1-12-8-13(2)10-15(9-12)21-7-5-16(18(21)23)17(22)20(3)14-4-6-19-11-14;/h8-10,14,16,19H,4-7,11H2,1-3H3;1H. The average Bonchev–Trinajstić information content (AvgIpc) is 3.14. The molecule has 2 heterocycles. The smallest absolute Gasteiger partial charge is 0.239 e. The molecule has 3 rings (SSSR count). The predicted molar refractivity (Wildman–Crippen MR) is 97.7 cm³/mol. The van der Waals surface area contributed by atoms with Crippen molar-refractivity contribution in [3.05, 3.63) is 29.3 Å². The molecular formula is C18H26ClN3O2. The normalized spacial score (nSPS) is 23.3. The van der Waals surface area contributed by atoms with Crippen LogP contribution in [-0.4, -0.2) is 49.4 Å². The zero-order chi connectivity index (χ0) is 16.6. The van der Waals surface area contributed by atoms with E-state index in [0.717, 1.165) is 36.3 Å². The van der Waals surface area contributed by atoms with E-state index in [1.807, 2.05) is 33.0 Å². The number of aryl methyl sites for hydroxylation is 2. The molecule has 1 N–H and O–H groups in total. The van der Waals surface area contributed by atoms with Gasteiger partial charge in [0.15, 0.2) is 0 Å². The van der Waals surface area contributed by atoms with Crippen molar-refractivity contribution >= 4 is 29.9 Å². The van der Waals surface area contributed by atoms with Crippen LogP contribution in [0.1, 0.15) is 24.0 Å². The van der Waals surface area contributed by atoms with E-state index < -0.39 is 5.92 Å². The van der Waals surface area contributed by atoms with Crippen molar-refractivity contribution in [2.75, 3.05) is 31.6 Å². The summed E-state index contributed by atoms with van der Waals surface area (Å²) in [6.45, 7) is 6.44. The molecular weight excluding hydrogens is 326 g/mol. The van der Waals surface area contributed by atoms with Gasteiger partial charge in [-0.2, -0.15) is 0 Å². The molecule has 1 aromatic rings. The van der Waals surface area contributed by atoms with Crippen molar-refractivity contribution in [2.24, 2.45) is 5.92 Å². The van der Waals surface area contributed by atoms with Gasteiger partial charge in [0, 0.05) is 31.9 Å². The fourth-order valence-corrected chi connectivity index (χ4v) is 3.67. The Balaban J connectivity index is 0.00000208. The number of halogens is 1. The molecule has 0 spiro atoms. The van der Waals surface area contributed by atoms with Crippen molar-refractivity contribution in [1.82, 2.24) is 10.2 Å². The van der Waals surface area contributed by atoms with Gasteiger partial charge >= 0.3 is 0 Å². The molecule has 1 aromatic carbocycles. The maximum absolute atomic E-state index is 12.8. The van der Waals surface area contributed by atoms with Gasteiger partial charge in [-0.1, -0.05) is 6.07 Å². The minimum atomic E-state index is -0.526. The molecule has 5 nitrogen and oxygen atoms in total. The van der Waals surface area contributed by atoms with Crippen LogP contribution in [0.5, 0.6) is 0 Å². The first-order chi connectivity index (χ1) is 11.0. The lowest BCUT2D eigenvalue weighted by Gasteiger charge is -2.26. The zero-order valence-corrected chi connectivity index (χ0v) is 15.4. The minimum absolute atomic E-state index is 0. The Morgan fingerprint density at radius 1 is 1.21 bits per heavy atom. The molecule has 0 radical (unpaired) electrons. The van der Waals surface area contributed by atoms with Crippen LogP contribution in [-0.2, 0) is 9.59 Å². The molecule has 2 amide bonds. The molecule has 2 aliphatic heterocycles. The van der Waals surface area contributed by atoms with Gasteiger partial charge in [0.1, 0.15) is 5.92 Å². The number of amides is 2.